The predicted octanol–water partition coefficient (Wildman–Crippen LogP) is 7.03. The fraction of sp³-hybridized carbons (Fsp3) is 0.308. The molecule has 0 N–H and O–H groups in total. The summed E-state index contributed by atoms with van der Waals surface area (Å²) in [6, 6.07) is 13.2. The van der Waals surface area contributed by atoms with Gasteiger partial charge >= 0.3 is 0 Å². The lowest BCUT2D eigenvalue weighted by Gasteiger charge is -2.19. The Hall–Kier alpha value is -2.74. The first kappa shape index (κ1) is 20.0. The van der Waals surface area contributed by atoms with Crippen LogP contribution in [0.5, 0.6) is 11.5 Å². The Kier molecular flexibility index (Phi) is 6.76. The molecule has 0 unspecified atom stereocenters. The molecule has 0 aliphatic rings. The van der Waals surface area contributed by atoms with Crippen LogP contribution in [0.1, 0.15) is 37.8 Å². The van der Waals surface area contributed by atoms with Crippen molar-refractivity contribution in [3.63, 3.8) is 0 Å². The lowest BCUT2D eigenvalue weighted by molar-refractivity contribution is 0.327. The number of ether oxygens (including phenoxy) is 2. The van der Waals surface area contributed by atoms with E-state index >= 15 is 0 Å². The van der Waals surface area contributed by atoms with E-state index in [-0.39, 0.29) is 0 Å². The van der Waals surface area contributed by atoms with Crippen molar-refractivity contribution in [2.45, 2.75) is 39.5 Å². The number of hydrogen-bond donors (Lipinski definition) is 0. The first-order valence-corrected chi connectivity index (χ1v) is 10.2. The van der Waals surface area contributed by atoms with Gasteiger partial charge in [0.25, 0.3) is 0 Å². The second-order valence-corrected chi connectivity index (χ2v) is 6.98. The van der Waals surface area contributed by atoms with Gasteiger partial charge in [0.15, 0.2) is 0 Å². The molecule has 146 valence electrons. The zero-order chi connectivity index (χ0) is 19.9. The fourth-order valence-electron chi connectivity index (χ4n) is 3.48. The molecule has 2 heteroatoms. The third-order valence-corrected chi connectivity index (χ3v) is 5.10. The molecule has 0 aliphatic carbocycles. The summed E-state index contributed by atoms with van der Waals surface area (Å²) < 4.78 is 12.6. The van der Waals surface area contributed by atoms with Gasteiger partial charge in [-0.25, -0.2) is 0 Å². The number of aryl methyl sites for hydroxylation is 2. The molecule has 0 radical (unpaired) electrons. The minimum atomic E-state index is 0.620. The first-order valence-electron chi connectivity index (χ1n) is 10.2. The van der Waals surface area contributed by atoms with Crippen LogP contribution in [-0.4, -0.2) is 13.2 Å². The van der Waals surface area contributed by atoms with E-state index in [0.717, 1.165) is 58.7 Å². The highest BCUT2D eigenvalue weighted by molar-refractivity contribution is 6.11. The van der Waals surface area contributed by atoms with Crippen LogP contribution in [0.25, 0.3) is 21.5 Å². The maximum absolute atomic E-state index is 6.31. The van der Waals surface area contributed by atoms with Crippen LogP contribution < -0.4 is 9.47 Å². The highest BCUT2D eigenvalue weighted by Crippen LogP contribution is 2.43. The molecule has 0 saturated carbocycles. The highest BCUT2D eigenvalue weighted by Gasteiger charge is 2.17. The third kappa shape index (κ3) is 4.06. The molecular formula is C26H30O2. The summed E-state index contributed by atoms with van der Waals surface area (Å²) in [6.07, 6.45) is 7.40. The van der Waals surface area contributed by atoms with E-state index in [1.54, 1.807) is 0 Å². The minimum absolute atomic E-state index is 0.620. The van der Waals surface area contributed by atoms with E-state index in [2.05, 4.69) is 63.4 Å². The van der Waals surface area contributed by atoms with Crippen molar-refractivity contribution in [3.05, 3.63) is 72.8 Å². The van der Waals surface area contributed by atoms with Gasteiger partial charge in [-0.05, 0) is 48.9 Å². The Labute approximate surface area is 168 Å². The van der Waals surface area contributed by atoms with E-state index in [1.165, 1.54) is 11.1 Å². The first-order chi connectivity index (χ1) is 13.7. The minimum Gasteiger partial charge on any atom is -0.492 e. The van der Waals surface area contributed by atoms with Crippen molar-refractivity contribution in [3.8, 4) is 11.5 Å². The van der Waals surface area contributed by atoms with Crippen LogP contribution in [0.4, 0.5) is 0 Å². The van der Waals surface area contributed by atoms with Gasteiger partial charge in [0.2, 0.25) is 0 Å². The number of benzene rings is 3. The Morgan fingerprint density at radius 2 is 1.11 bits per heavy atom. The molecular weight excluding hydrogens is 344 g/mol. The molecule has 3 aromatic carbocycles. The topological polar surface area (TPSA) is 18.5 Å². The molecule has 0 aromatic heterocycles. The highest BCUT2D eigenvalue weighted by atomic mass is 16.5. The number of fused-ring (bicyclic) bond motifs is 2. The zero-order valence-electron chi connectivity index (χ0n) is 17.1. The Morgan fingerprint density at radius 1 is 0.679 bits per heavy atom. The van der Waals surface area contributed by atoms with Gasteiger partial charge in [0.1, 0.15) is 11.5 Å². The van der Waals surface area contributed by atoms with Crippen LogP contribution in [-0.2, 0) is 12.8 Å². The standard InChI is InChI=1S/C26H30O2/c1-5-9-15-27-25-21-13-11-19(7-3)17-23(21)26(28-16-10-6-2)24-18-20(8-4)12-14-22(24)25/h5-6,11-14,17-18H,1-2,7-10,15-16H2,3-4H3. The van der Waals surface area contributed by atoms with Crippen molar-refractivity contribution in [1.29, 1.82) is 0 Å². The summed E-state index contributed by atoms with van der Waals surface area (Å²) >= 11 is 0. The summed E-state index contributed by atoms with van der Waals surface area (Å²) in [5.41, 5.74) is 2.59. The van der Waals surface area contributed by atoms with E-state index < -0.39 is 0 Å². The SMILES string of the molecule is C=CCCOc1c2ccc(CC)cc2c(OCCC=C)c2cc(CC)ccc12. The molecule has 3 aromatic rings. The smallest absolute Gasteiger partial charge is 0.135 e. The average Bonchev–Trinajstić information content (AvgIpc) is 2.74. The summed E-state index contributed by atoms with van der Waals surface area (Å²) in [5, 5.41) is 4.45. The summed E-state index contributed by atoms with van der Waals surface area (Å²) in [5.74, 6) is 1.89. The summed E-state index contributed by atoms with van der Waals surface area (Å²) in [4.78, 5) is 0. The molecule has 0 amide bonds. The van der Waals surface area contributed by atoms with E-state index in [4.69, 9.17) is 9.47 Å². The molecule has 0 aliphatic heterocycles. The van der Waals surface area contributed by atoms with Crippen molar-refractivity contribution in [2.24, 2.45) is 0 Å². The van der Waals surface area contributed by atoms with Crippen LogP contribution in [0.2, 0.25) is 0 Å². The van der Waals surface area contributed by atoms with Gasteiger partial charge in [-0.3, -0.25) is 0 Å². The second kappa shape index (κ2) is 9.45. The number of hydrogen-bond acceptors (Lipinski definition) is 2. The largest absolute Gasteiger partial charge is 0.492 e. The predicted molar refractivity (Wildman–Crippen MR) is 121 cm³/mol. The molecule has 0 spiro atoms. The molecule has 0 fully saturated rings. The van der Waals surface area contributed by atoms with Crippen molar-refractivity contribution in [1.82, 2.24) is 0 Å². The summed E-state index contributed by atoms with van der Waals surface area (Å²) in [7, 11) is 0. The van der Waals surface area contributed by atoms with Crippen molar-refractivity contribution in [2.75, 3.05) is 13.2 Å². The Bertz CT molecular complexity index is 920. The normalized spacial score (nSPS) is 10.9. The van der Waals surface area contributed by atoms with E-state index in [0.29, 0.717) is 13.2 Å². The van der Waals surface area contributed by atoms with Crippen LogP contribution in [0.15, 0.2) is 61.7 Å². The zero-order valence-corrected chi connectivity index (χ0v) is 17.1. The lowest BCUT2D eigenvalue weighted by Crippen LogP contribution is -2.02. The molecule has 0 bridgehead atoms. The quantitative estimate of drug-likeness (QED) is 0.215. The number of rotatable bonds is 10. The van der Waals surface area contributed by atoms with E-state index in [9.17, 15) is 0 Å². The molecule has 2 nitrogen and oxygen atoms in total. The maximum Gasteiger partial charge on any atom is 0.135 e. The van der Waals surface area contributed by atoms with Crippen LogP contribution >= 0.6 is 0 Å². The lowest BCUT2D eigenvalue weighted by atomic mass is 9.96. The fourth-order valence-corrected chi connectivity index (χ4v) is 3.48. The van der Waals surface area contributed by atoms with Crippen molar-refractivity contribution < 1.29 is 9.47 Å². The third-order valence-electron chi connectivity index (χ3n) is 5.10. The molecule has 0 heterocycles. The van der Waals surface area contributed by atoms with Crippen LogP contribution in [0, 0.1) is 0 Å². The molecule has 0 saturated heterocycles. The Balaban J connectivity index is 2.30. The van der Waals surface area contributed by atoms with Gasteiger partial charge in [-0.15, -0.1) is 13.2 Å². The van der Waals surface area contributed by atoms with Crippen molar-refractivity contribution >= 4 is 21.5 Å². The van der Waals surface area contributed by atoms with Gasteiger partial charge in [-0.2, -0.15) is 0 Å². The average molecular weight is 375 g/mol. The van der Waals surface area contributed by atoms with Gasteiger partial charge in [0, 0.05) is 21.5 Å². The van der Waals surface area contributed by atoms with E-state index in [1.807, 2.05) is 12.2 Å². The van der Waals surface area contributed by atoms with Gasteiger partial charge in [-0.1, -0.05) is 50.3 Å². The summed E-state index contributed by atoms with van der Waals surface area (Å²) in [6.45, 7) is 13.2. The maximum atomic E-state index is 6.31. The monoisotopic (exact) mass is 374 g/mol. The molecule has 3 rings (SSSR count). The van der Waals surface area contributed by atoms with Crippen LogP contribution in [0.3, 0.4) is 0 Å². The van der Waals surface area contributed by atoms with Gasteiger partial charge in [0.05, 0.1) is 13.2 Å². The second-order valence-electron chi connectivity index (χ2n) is 6.98. The molecule has 28 heavy (non-hydrogen) atoms. The Morgan fingerprint density at radius 3 is 1.50 bits per heavy atom. The molecule has 0 atom stereocenters. The van der Waals surface area contributed by atoms with Gasteiger partial charge < -0.3 is 9.47 Å².